The maximum Gasteiger partial charge on any atom is 0.415 e. The predicted octanol–water partition coefficient (Wildman–Crippen LogP) is 4.15. The van der Waals surface area contributed by atoms with E-state index < -0.39 is 17.7 Å². The van der Waals surface area contributed by atoms with E-state index in [1.54, 1.807) is 20.8 Å². The van der Waals surface area contributed by atoms with Crippen LogP contribution in [0.25, 0.3) is 0 Å². The number of methoxy groups -OCH3 is 1. The molecule has 0 unspecified atom stereocenters. The molecule has 0 N–H and O–H groups in total. The first-order chi connectivity index (χ1) is 11.2. The van der Waals surface area contributed by atoms with Gasteiger partial charge in [0.1, 0.15) is 11.3 Å². The van der Waals surface area contributed by atoms with Crippen LogP contribution in [0.4, 0.5) is 4.79 Å². The highest BCUT2D eigenvalue weighted by molar-refractivity contribution is 14.1. The monoisotopic (exact) mass is 445 g/mol. The normalized spacial score (nSPS) is 10.9. The summed E-state index contributed by atoms with van der Waals surface area (Å²) in [6.07, 6.45) is 0.864. The molecule has 0 saturated heterocycles. The lowest BCUT2D eigenvalue weighted by Crippen LogP contribution is -2.39. The van der Waals surface area contributed by atoms with Crippen LogP contribution in [0.5, 0.6) is 0 Å². The van der Waals surface area contributed by atoms with Crippen LogP contribution >= 0.6 is 22.6 Å². The van der Waals surface area contributed by atoms with Gasteiger partial charge in [-0.3, -0.25) is 4.90 Å². The van der Waals surface area contributed by atoms with Crippen molar-refractivity contribution in [2.24, 2.45) is 0 Å². The number of benzene rings is 1. The van der Waals surface area contributed by atoms with E-state index in [4.69, 9.17) is 4.74 Å². The van der Waals surface area contributed by atoms with Crippen LogP contribution in [0.3, 0.4) is 0 Å². The van der Waals surface area contributed by atoms with Crippen molar-refractivity contribution in [1.29, 1.82) is 0 Å². The van der Waals surface area contributed by atoms with Gasteiger partial charge in [0.25, 0.3) is 0 Å². The van der Waals surface area contributed by atoms with Gasteiger partial charge >= 0.3 is 12.1 Å². The highest BCUT2D eigenvalue weighted by Gasteiger charge is 2.27. The minimum absolute atomic E-state index is 0.0190. The van der Waals surface area contributed by atoms with E-state index in [9.17, 15) is 9.59 Å². The summed E-state index contributed by atoms with van der Waals surface area (Å²) in [6, 6.07) is 8.05. The Morgan fingerprint density at radius 2 is 1.88 bits per heavy atom. The second kappa shape index (κ2) is 9.05. The molecule has 6 heteroatoms. The molecule has 1 aromatic carbocycles. The molecule has 0 aliphatic rings. The van der Waals surface area contributed by atoms with E-state index in [0.717, 1.165) is 6.42 Å². The lowest BCUT2D eigenvalue weighted by atomic mass is 10.1. The molecule has 0 saturated carbocycles. The van der Waals surface area contributed by atoms with Crippen LogP contribution in [0, 0.1) is 3.57 Å². The minimum Gasteiger partial charge on any atom is -0.464 e. The minimum atomic E-state index is -0.652. The van der Waals surface area contributed by atoms with Crippen LogP contribution in [-0.2, 0) is 20.7 Å². The molecule has 0 aliphatic carbocycles. The van der Waals surface area contributed by atoms with Crippen molar-refractivity contribution < 1.29 is 19.1 Å². The lowest BCUT2D eigenvalue weighted by Gasteiger charge is -2.27. The Morgan fingerprint density at radius 1 is 1.25 bits per heavy atom. The van der Waals surface area contributed by atoms with E-state index in [0.29, 0.717) is 13.0 Å². The third kappa shape index (κ3) is 6.51. The molecule has 0 bridgehead atoms. The van der Waals surface area contributed by atoms with E-state index in [1.807, 2.05) is 18.2 Å². The zero-order chi connectivity index (χ0) is 18.3. The summed E-state index contributed by atoms with van der Waals surface area (Å²) in [5, 5.41) is 0. The van der Waals surface area contributed by atoms with Crippen molar-refractivity contribution in [1.82, 2.24) is 4.90 Å². The Balaban J connectivity index is 2.78. The molecule has 1 amide bonds. The zero-order valence-electron chi connectivity index (χ0n) is 14.6. The number of carbonyl (C=O) groups excluding carboxylic acids is 2. The standard InChI is InChI=1S/C18H24INO4/c1-13(16(21)23-5)20(17(22)24-18(2,3)4)12-8-10-14-9-6-7-11-15(14)19/h6-7,9,11H,1,8,10,12H2,2-5H3. The van der Waals surface area contributed by atoms with Crippen LogP contribution in [-0.4, -0.2) is 36.2 Å². The van der Waals surface area contributed by atoms with Gasteiger partial charge in [0.2, 0.25) is 0 Å². The molecular weight excluding hydrogens is 421 g/mol. The molecule has 1 rings (SSSR count). The van der Waals surface area contributed by atoms with Crippen molar-refractivity contribution in [2.45, 2.75) is 39.2 Å². The van der Waals surface area contributed by atoms with Crippen molar-refractivity contribution >= 4 is 34.7 Å². The van der Waals surface area contributed by atoms with Gasteiger partial charge in [0.05, 0.1) is 7.11 Å². The summed E-state index contributed by atoms with van der Waals surface area (Å²) in [4.78, 5) is 25.3. The Bertz CT molecular complexity index is 607. The van der Waals surface area contributed by atoms with E-state index in [1.165, 1.54) is 21.1 Å². The number of halogens is 1. The molecule has 132 valence electrons. The quantitative estimate of drug-likeness (QED) is 0.375. The van der Waals surface area contributed by atoms with Crippen molar-refractivity contribution in [3.05, 3.63) is 45.7 Å². The van der Waals surface area contributed by atoms with Crippen LogP contribution in [0.1, 0.15) is 32.8 Å². The molecule has 0 fully saturated rings. The van der Waals surface area contributed by atoms with E-state index >= 15 is 0 Å². The van der Waals surface area contributed by atoms with E-state index in [-0.39, 0.29) is 5.70 Å². The number of ether oxygens (including phenoxy) is 2. The molecule has 0 heterocycles. The highest BCUT2D eigenvalue weighted by atomic mass is 127. The summed E-state index contributed by atoms with van der Waals surface area (Å²) in [7, 11) is 1.26. The fourth-order valence-electron chi connectivity index (χ4n) is 2.01. The van der Waals surface area contributed by atoms with Crippen molar-refractivity contribution in [2.75, 3.05) is 13.7 Å². The molecule has 0 radical (unpaired) electrons. The van der Waals surface area contributed by atoms with Gasteiger partial charge in [-0.15, -0.1) is 0 Å². The summed E-state index contributed by atoms with van der Waals surface area (Å²) in [5.41, 5.74) is 0.529. The predicted molar refractivity (Wildman–Crippen MR) is 102 cm³/mol. The fraction of sp³-hybridized carbons (Fsp3) is 0.444. The number of esters is 1. The molecule has 1 aromatic rings. The number of hydrogen-bond acceptors (Lipinski definition) is 4. The van der Waals surface area contributed by atoms with Gasteiger partial charge in [-0.1, -0.05) is 24.8 Å². The number of aryl methyl sites for hydroxylation is 1. The van der Waals surface area contributed by atoms with Crippen molar-refractivity contribution in [3.63, 3.8) is 0 Å². The lowest BCUT2D eigenvalue weighted by molar-refractivity contribution is -0.137. The van der Waals surface area contributed by atoms with Gasteiger partial charge in [-0.05, 0) is 67.8 Å². The maximum absolute atomic E-state index is 12.4. The number of amides is 1. The fourth-order valence-corrected chi connectivity index (χ4v) is 2.67. The number of rotatable bonds is 6. The first kappa shape index (κ1) is 20.5. The Morgan fingerprint density at radius 3 is 2.42 bits per heavy atom. The zero-order valence-corrected chi connectivity index (χ0v) is 16.8. The van der Waals surface area contributed by atoms with Crippen LogP contribution in [0.2, 0.25) is 0 Å². The first-order valence-corrected chi connectivity index (χ1v) is 8.74. The van der Waals surface area contributed by atoms with Gasteiger partial charge < -0.3 is 9.47 Å². The Labute approximate surface area is 157 Å². The molecule has 0 atom stereocenters. The van der Waals surface area contributed by atoms with Crippen molar-refractivity contribution in [3.8, 4) is 0 Å². The Hall–Kier alpha value is -1.57. The smallest absolute Gasteiger partial charge is 0.415 e. The second-order valence-corrected chi connectivity index (χ2v) is 7.43. The molecule has 0 aliphatic heterocycles. The molecule has 0 spiro atoms. The third-order valence-electron chi connectivity index (χ3n) is 3.15. The van der Waals surface area contributed by atoms with Crippen LogP contribution in [0.15, 0.2) is 36.5 Å². The summed E-state index contributed by atoms with van der Waals surface area (Å²) in [6.45, 7) is 9.32. The topological polar surface area (TPSA) is 55.8 Å². The largest absolute Gasteiger partial charge is 0.464 e. The van der Waals surface area contributed by atoms with Gasteiger partial charge in [-0.25, -0.2) is 9.59 Å². The first-order valence-electron chi connectivity index (χ1n) is 7.67. The second-order valence-electron chi connectivity index (χ2n) is 6.27. The number of hydrogen-bond donors (Lipinski definition) is 0. The maximum atomic E-state index is 12.4. The van der Waals surface area contributed by atoms with Gasteiger partial charge in [0.15, 0.2) is 0 Å². The summed E-state index contributed by atoms with van der Waals surface area (Å²) < 4.78 is 11.2. The highest BCUT2D eigenvalue weighted by Crippen LogP contribution is 2.17. The van der Waals surface area contributed by atoms with Gasteiger partial charge in [0, 0.05) is 10.1 Å². The average molecular weight is 445 g/mol. The Kier molecular flexibility index (Phi) is 7.72. The summed E-state index contributed by atoms with van der Waals surface area (Å²) in [5.74, 6) is -0.643. The summed E-state index contributed by atoms with van der Waals surface area (Å²) >= 11 is 2.28. The number of nitrogens with zero attached hydrogens (tertiary/aromatic N) is 1. The van der Waals surface area contributed by atoms with Gasteiger partial charge in [-0.2, -0.15) is 0 Å². The van der Waals surface area contributed by atoms with Crippen LogP contribution < -0.4 is 0 Å². The molecule has 24 heavy (non-hydrogen) atoms. The third-order valence-corrected chi connectivity index (χ3v) is 4.20. The molecular formula is C18H24INO4. The molecule has 5 nitrogen and oxygen atoms in total. The molecule has 0 aromatic heterocycles. The number of carbonyl (C=O) groups is 2. The average Bonchev–Trinajstić information content (AvgIpc) is 2.50. The van der Waals surface area contributed by atoms with E-state index in [2.05, 4.69) is 40.0 Å². The SMILES string of the molecule is C=C(C(=O)OC)N(CCCc1ccccc1I)C(=O)OC(C)(C)C.